The first-order chi connectivity index (χ1) is 7.85. The summed E-state index contributed by atoms with van der Waals surface area (Å²) in [7, 11) is 1.98. The van der Waals surface area contributed by atoms with Crippen LogP contribution in [0.2, 0.25) is 0 Å². The largest absolute Gasteiger partial charge is 0.375 e. The highest BCUT2D eigenvalue weighted by Gasteiger charge is 2.25. The van der Waals surface area contributed by atoms with Gasteiger partial charge < -0.3 is 10.1 Å². The predicted octanol–water partition coefficient (Wildman–Crippen LogP) is 1.30. The van der Waals surface area contributed by atoms with E-state index in [1.54, 1.807) is 0 Å². The number of ether oxygens (including phenoxy) is 1. The van der Waals surface area contributed by atoms with E-state index in [9.17, 15) is 0 Å². The van der Waals surface area contributed by atoms with Gasteiger partial charge in [0.15, 0.2) is 0 Å². The van der Waals surface area contributed by atoms with Crippen molar-refractivity contribution in [1.29, 1.82) is 0 Å². The second-order valence-corrected chi connectivity index (χ2v) is 5.03. The molecule has 2 heterocycles. The van der Waals surface area contributed by atoms with Gasteiger partial charge in [-0.3, -0.25) is 4.68 Å². The van der Waals surface area contributed by atoms with Gasteiger partial charge in [-0.2, -0.15) is 16.9 Å². The Balaban J connectivity index is 2.08. The number of hydrogen-bond donors (Lipinski definition) is 1. The van der Waals surface area contributed by atoms with Crippen LogP contribution in [0.3, 0.4) is 0 Å². The van der Waals surface area contributed by atoms with E-state index >= 15 is 0 Å². The van der Waals surface area contributed by atoms with Gasteiger partial charge in [-0.15, -0.1) is 0 Å². The lowest BCUT2D eigenvalue weighted by molar-refractivity contribution is 0.0488. The molecule has 1 fully saturated rings. The number of rotatable bonds is 4. The van der Waals surface area contributed by atoms with E-state index < -0.39 is 0 Å². The molecule has 0 aliphatic carbocycles. The molecule has 16 heavy (non-hydrogen) atoms. The fourth-order valence-corrected chi connectivity index (χ4v) is 2.88. The third-order valence-corrected chi connectivity index (χ3v) is 3.88. The summed E-state index contributed by atoms with van der Waals surface area (Å²) in [5.41, 5.74) is 1.22. The predicted molar refractivity (Wildman–Crippen MR) is 66.8 cm³/mol. The highest BCUT2D eigenvalue weighted by atomic mass is 32.2. The van der Waals surface area contributed by atoms with Gasteiger partial charge in [0.1, 0.15) is 0 Å². The average Bonchev–Trinajstić information content (AvgIpc) is 2.80. The highest BCUT2D eigenvalue weighted by molar-refractivity contribution is 7.99. The smallest absolute Gasteiger partial charge is 0.0861 e. The fourth-order valence-electron chi connectivity index (χ4n) is 1.98. The van der Waals surface area contributed by atoms with E-state index in [4.69, 9.17) is 4.74 Å². The maximum Gasteiger partial charge on any atom is 0.0861 e. The molecular weight excluding hydrogens is 222 g/mol. The van der Waals surface area contributed by atoms with Crippen molar-refractivity contribution in [3.63, 3.8) is 0 Å². The molecule has 0 bridgehead atoms. The molecule has 0 saturated carbocycles. The van der Waals surface area contributed by atoms with Crippen LogP contribution in [0.15, 0.2) is 12.4 Å². The molecule has 0 amide bonds. The molecule has 1 aromatic rings. The molecule has 1 aliphatic rings. The third kappa shape index (κ3) is 2.59. The van der Waals surface area contributed by atoms with Crippen LogP contribution in [0.5, 0.6) is 0 Å². The van der Waals surface area contributed by atoms with Crippen LogP contribution in [0.1, 0.15) is 18.5 Å². The first-order valence-corrected chi connectivity index (χ1v) is 6.89. The third-order valence-electron chi connectivity index (χ3n) is 2.86. The first kappa shape index (κ1) is 12.0. The van der Waals surface area contributed by atoms with Gasteiger partial charge in [-0.05, 0) is 14.0 Å². The van der Waals surface area contributed by atoms with Gasteiger partial charge in [0.25, 0.3) is 0 Å². The number of aryl methyl sites for hydroxylation is 1. The van der Waals surface area contributed by atoms with Crippen LogP contribution in [0.25, 0.3) is 0 Å². The molecule has 4 nitrogen and oxygen atoms in total. The minimum atomic E-state index is 0.257. The van der Waals surface area contributed by atoms with Gasteiger partial charge >= 0.3 is 0 Å². The van der Waals surface area contributed by atoms with Crippen molar-refractivity contribution in [3.05, 3.63) is 18.0 Å². The molecule has 1 saturated heterocycles. The van der Waals surface area contributed by atoms with Crippen LogP contribution in [0, 0.1) is 0 Å². The molecule has 0 aromatic carbocycles. The van der Waals surface area contributed by atoms with Crippen molar-refractivity contribution in [2.24, 2.45) is 0 Å². The van der Waals surface area contributed by atoms with Gasteiger partial charge in [0.05, 0.1) is 24.9 Å². The Morgan fingerprint density at radius 1 is 1.75 bits per heavy atom. The number of thioether (sulfide) groups is 1. The summed E-state index contributed by atoms with van der Waals surface area (Å²) in [6.45, 7) is 3.87. The number of aromatic nitrogens is 2. The minimum Gasteiger partial charge on any atom is -0.375 e. The Hall–Kier alpha value is -0.520. The summed E-state index contributed by atoms with van der Waals surface area (Å²) >= 11 is 1.96. The average molecular weight is 241 g/mol. The van der Waals surface area contributed by atoms with Crippen LogP contribution in [0.4, 0.5) is 0 Å². The van der Waals surface area contributed by atoms with Gasteiger partial charge in [-0.1, -0.05) is 0 Å². The van der Waals surface area contributed by atoms with E-state index in [0.717, 1.165) is 24.7 Å². The second kappa shape index (κ2) is 5.70. The molecule has 1 aromatic heterocycles. The molecule has 0 radical (unpaired) electrons. The van der Waals surface area contributed by atoms with Crippen molar-refractivity contribution in [1.82, 2.24) is 15.1 Å². The molecule has 2 unspecified atom stereocenters. The summed E-state index contributed by atoms with van der Waals surface area (Å²) in [6, 6.07) is 0.257. The monoisotopic (exact) mass is 241 g/mol. The minimum absolute atomic E-state index is 0.257. The topological polar surface area (TPSA) is 39.1 Å². The molecule has 2 atom stereocenters. The van der Waals surface area contributed by atoms with E-state index in [0.29, 0.717) is 0 Å². The summed E-state index contributed by atoms with van der Waals surface area (Å²) in [6.07, 6.45) is 4.30. The zero-order valence-electron chi connectivity index (χ0n) is 9.85. The Morgan fingerprint density at radius 2 is 2.62 bits per heavy atom. The zero-order chi connectivity index (χ0) is 11.4. The number of nitrogens with one attached hydrogen (secondary N) is 1. The quantitative estimate of drug-likeness (QED) is 0.862. The maximum absolute atomic E-state index is 5.81. The van der Waals surface area contributed by atoms with Crippen LogP contribution in [-0.4, -0.2) is 41.0 Å². The molecule has 1 N–H and O–H groups in total. The second-order valence-electron chi connectivity index (χ2n) is 3.88. The standard InChI is InChI=1S/C11H19N3OS/c1-3-14-7-9(6-13-14)11(12-2)10-8-16-5-4-15-10/h6-7,10-12H,3-5,8H2,1-2H3. The Labute approximate surface area is 101 Å². The lowest BCUT2D eigenvalue weighted by atomic mass is 10.1. The summed E-state index contributed by atoms with van der Waals surface area (Å²) < 4.78 is 7.76. The van der Waals surface area contributed by atoms with Crippen LogP contribution >= 0.6 is 11.8 Å². The van der Waals surface area contributed by atoms with Crippen molar-refractivity contribution in [2.45, 2.75) is 25.6 Å². The molecular formula is C11H19N3OS. The van der Waals surface area contributed by atoms with Crippen LogP contribution in [-0.2, 0) is 11.3 Å². The van der Waals surface area contributed by atoms with Gasteiger partial charge in [0, 0.05) is 29.8 Å². The number of likely N-dealkylation sites (N-methyl/N-ethyl adjacent to an activating group) is 1. The molecule has 2 rings (SSSR count). The van der Waals surface area contributed by atoms with Crippen molar-refractivity contribution in [2.75, 3.05) is 25.2 Å². The van der Waals surface area contributed by atoms with Crippen molar-refractivity contribution in [3.8, 4) is 0 Å². The maximum atomic E-state index is 5.81. The summed E-state index contributed by atoms with van der Waals surface area (Å²) in [5.74, 6) is 2.17. The van der Waals surface area contributed by atoms with E-state index in [1.165, 1.54) is 5.56 Å². The summed E-state index contributed by atoms with van der Waals surface area (Å²) in [4.78, 5) is 0. The zero-order valence-corrected chi connectivity index (χ0v) is 10.7. The number of hydrogen-bond acceptors (Lipinski definition) is 4. The van der Waals surface area contributed by atoms with Crippen molar-refractivity contribution < 1.29 is 4.74 Å². The highest BCUT2D eigenvalue weighted by Crippen LogP contribution is 2.24. The Morgan fingerprint density at radius 3 is 3.19 bits per heavy atom. The Kier molecular flexibility index (Phi) is 4.26. The lowest BCUT2D eigenvalue weighted by Crippen LogP contribution is -2.36. The van der Waals surface area contributed by atoms with E-state index in [-0.39, 0.29) is 12.1 Å². The SMILES string of the molecule is CCn1cc(C(NC)C2CSCCO2)cn1. The molecule has 5 heteroatoms. The Bertz CT molecular complexity index is 323. The normalized spacial score (nSPS) is 23.2. The molecule has 0 spiro atoms. The fraction of sp³-hybridized carbons (Fsp3) is 0.727. The van der Waals surface area contributed by atoms with Gasteiger partial charge in [-0.25, -0.2) is 0 Å². The lowest BCUT2D eigenvalue weighted by Gasteiger charge is -2.29. The van der Waals surface area contributed by atoms with Crippen LogP contribution < -0.4 is 5.32 Å². The van der Waals surface area contributed by atoms with E-state index in [2.05, 4.69) is 23.5 Å². The van der Waals surface area contributed by atoms with Crippen molar-refractivity contribution >= 4 is 11.8 Å². The molecule has 1 aliphatic heterocycles. The van der Waals surface area contributed by atoms with E-state index in [1.807, 2.05) is 29.7 Å². The molecule has 90 valence electrons. The first-order valence-electron chi connectivity index (χ1n) is 5.74. The van der Waals surface area contributed by atoms with Gasteiger partial charge in [0.2, 0.25) is 0 Å². The summed E-state index contributed by atoms with van der Waals surface area (Å²) in [5, 5.41) is 7.65. The number of nitrogens with zero attached hydrogens (tertiary/aromatic N) is 2.